The van der Waals surface area contributed by atoms with E-state index in [2.05, 4.69) is 0 Å². The van der Waals surface area contributed by atoms with Gasteiger partial charge in [-0.1, -0.05) is 6.07 Å². The van der Waals surface area contributed by atoms with Crippen LogP contribution in [0.3, 0.4) is 0 Å². The molecule has 2 aromatic carbocycles. The highest BCUT2D eigenvalue weighted by Crippen LogP contribution is 2.32. The van der Waals surface area contributed by atoms with Gasteiger partial charge < -0.3 is 14.2 Å². The molecule has 0 amide bonds. The van der Waals surface area contributed by atoms with Crippen molar-refractivity contribution in [2.75, 3.05) is 31.7 Å². The number of benzene rings is 2. The zero-order valence-electron chi connectivity index (χ0n) is 15.8. The molecule has 0 saturated carbocycles. The smallest absolute Gasteiger partial charge is 0.338 e. The number of carbonyl (C=O) groups excluding carboxylic acids is 1. The topological polar surface area (TPSA) is 82.1 Å². The van der Waals surface area contributed by atoms with Crippen LogP contribution in [0.4, 0.5) is 5.69 Å². The third-order valence-corrected chi connectivity index (χ3v) is 5.77. The minimum atomic E-state index is -3.87. The first kappa shape index (κ1) is 20.6. The van der Waals surface area contributed by atoms with Crippen molar-refractivity contribution in [3.05, 3.63) is 48.0 Å². The van der Waals surface area contributed by atoms with E-state index >= 15 is 0 Å². The molecule has 0 radical (unpaired) electrons. The van der Waals surface area contributed by atoms with Crippen LogP contribution in [0.2, 0.25) is 0 Å². The first-order valence-corrected chi connectivity index (χ1v) is 9.85. The zero-order chi connectivity index (χ0) is 20.0. The summed E-state index contributed by atoms with van der Waals surface area (Å²) in [6, 6.07) is 10.7. The molecule has 0 heterocycles. The van der Waals surface area contributed by atoms with Crippen molar-refractivity contribution in [1.29, 1.82) is 0 Å². The normalized spacial score (nSPS) is 11.0. The number of methoxy groups -OCH3 is 2. The van der Waals surface area contributed by atoms with Gasteiger partial charge in [0, 0.05) is 12.6 Å². The van der Waals surface area contributed by atoms with E-state index in [4.69, 9.17) is 14.2 Å². The first-order valence-electron chi connectivity index (χ1n) is 8.41. The molecule has 2 aromatic rings. The van der Waals surface area contributed by atoms with Crippen LogP contribution in [-0.4, -0.2) is 41.8 Å². The van der Waals surface area contributed by atoms with E-state index in [9.17, 15) is 13.2 Å². The maximum atomic E-state index is 13.2. The van der Waals surface area contributed by atoms with E-state index in [-0.39, 0.29) is 23.6 Å². The van der Waals surface area contributed by atoms with Gasteiger partial charge >= 0.3 is 5.97 Å². The maximum Gasteiger partial charge on any atom is 0.338 e. The van der Waals surface area contributed by atoms with Crippen molar-refractivity contribution in [2.24, 2.45) is 0 Å². The van der Waals surface area contributed by atoms with E-state index in [1.165, 1.54) is 42.8 Å². The lowest BCUT2D eigenvalue weighted by atomic mass is 10.2. The Morgan fingerprint density at radius 3 is 2.30 bits per heavy atom. The summed E-state index contributed by atoms with van der Waals surface area (Å²) in [5.74, 6) is 0.248. The van der Waals surface area contributed by atoms with Crippen LogP contribution in [0.25, 0.3) is 0 Å². The zero-order valence-corrected chi connectivity index (χ0v) is 16.6. The van der Waals surface area contributed by atoms with Gasteiger partial charge in [0.2, 0.25) is 0 Å². The molecular formula is C19H23NO6S. The molecule has 0 aliphatic rings. The Labute approximate surface area is 159 Å². The van der Waals surface area contributed by atoms with Crippen molar-refractivity contribution < 1.29 is 27.4 Å². The molecule has 0 aliphatic carbocycles. The Balaban J connectivity index is 2.47. The molecule has 0 bridgehead atoms. The van der Waals surface area contributed by atoms with Crippen LogP contribution < -0.4 is 13.8 Å². The summed E-state index contributed by atoms with van der Waals surface area (Å²) in [6.07, 6.45) is 0. The van der Waals surface area contributed by atoms with Crippen LogP contribution >= 0.6 is 0 Å². The number of esters is 1. The number of nitrogens with zero attached hydrogens (tertiary/aromatic N) is 1. The molecule has 0 spiro atoms. The number of hydrogen-bond acceptors (Lipinski definition) is 6. The Morgan fingerprint density at radius 1 is 1.00 bits per heavy atom. The molecule has 2 rings (SSSR count). The lowest BCUT2D eigenvalue weighted by Crippen LogP contribution is -2.31. The summed E-state index contributed by atoms with van der Waals surface area (Å²) in [6.45, 7) is 3.85. The highest BCUT2D eigenvalue weighted by Gasteiger charge is 2.25. The summed E-state index contributed by atoms with van der Waals surface area (Å²) >= 11 is 0. The fraction of sp³-hybridized carbons (Fsp3) is 0.316. The largest absolute Gasteiger partial charge is 0.493 e. The minimum Gasteiger partial charge on any atom is -0.493 e. The highest BCUT2D eigenvalue weighted by molar-refractivity contribution is 7.92. The van der Waals surface area contributed by atoms with Crippen molar-refractivity contribution in [3.63, 3.8) is 0 Å². The van der Waals surface area contributed by atoms with E-state index < -0.39 is 16.0 Å². The minimum absolute atomic E-state index is 0.0588. The van der Waals surface area contributed by atoms with Gasteiger partial charge in [0.05, 0.1) is 37.0 Å². The standard InChI is InChI=1S/C19H23NO6S/c1-5-20(15-9-7-8-14(12-15)19(21)26-6-2)27(22,23)16-10-11-17(24-3)18(13-16)25-4/h7-13H,5-6H2,1-4H3. The van der Waals surface area contributed by atoms with Crippen molar-refractivity contribution in [2.45, 2.75) is 18.7 Å². The predicted octanol–water partition coefficient (Wildman–Crippen LogP) is 3.10. The van der Waals surface area contributed by atoms with E-state index in [0.29, 0.717) is 17.2 Å². The molecule has 0 unspecified atom stereocenters. The molecule has 8 heteroatoms. The Bertz CT molecular complexity index is 910. The summed E-state index contributed by atoms with van der Waals surface area (Å²) in [5.41, 5.74) is 0.660. The monoisotopic (exact) mass is 393 g/mol. The van der Waals surface area contributed by atoms with Crippen LogP contribution in [0.1, 0.15) is 24.2 Å². The molecule has 0 aromatic heterocycles. The summed E-state index contributed by atoms with van der Waals surface area (Å²) in [7, 11) is -0.954. The number of rotatable bonds is 8. The number of ether oxygens (including phenoxy) is 3. The summed E-state index contributed by atoms with van der Waals surface area (Å²) < 4.78 is 42.9. The molecule has 0 N–H and O–H groups in total. The molecule has 0 atom stereocenters. The van der Waals surface area contributed by atoms with Gasteiger partial charge in [0.25, 0.3) is 10.0 Å². The maximum absolute atomic E-state index is 13.2. The Hall–Kier alpha value is -2.74. The second-order valence-electron chi connectivity index (χ2n) is 5.46. The highest BCUT2D eigenvalue weighted by atomic mass is 32.2. The molecule has 146 valence electrons. The number of sulfonamides is 1. The van der Waals surface area contributed by atoms with Crippen molar-refractivity contribution in [3.8, 4) is 11.5 Å². The summed E-state index contributed by atoms with van der Waals surface area (Å²) in [4.78, 5) is 12.0. The molecule has 7 nitrogen and oxygen atoms in total. The molecular weight excluding hydrogens is 370 g/mol. The molecule has 0 saturated heterocycles. The third-order valence-electron chi connectivity index (χ3n) is 3.88. The van der Waals surface area contributed by atoms with Gasteiger partial charge in [0.1, 0.15) is 0 Å². The number of hydrogen-bond donors (Lipinski definition) is 0. The van der Waals surface area contributed by atoms with Crippen molar-refractivity contribution >= 4 is 21.7 Å². The summed E-state index contributed by atoms with van der Waals surface area (Å²) in [5, 5.41) is 0. The van der Waals surface area contributed by atoms with Gasteiger partial charge in [0.15, 0.2) is 11.5 Å². The van der Waals surface area contributed by atoms with E-state index in [1.54, 1.807) is 32.0 Å². The van der Waals surface area contributed by atoms with E-state index in [0.717, 1.165) is 0 Å². The van der Waals surface area contributed by atoms with Crippen LogP contribution in [0.5, 0.6) is 11.5 Å². The van der Waals surface area contributed by atoms with Gasteiger partial charge in [-0.2, -0.15) is 0 Å². The second kappa shape index (κ2) is 8.77. The van der Waals surface area contributed by atoms with Crippen LogP contribution in [0.15, 0.2) is 47.4 Å². The van der Waals surface area contributed by atoms with Crippen LogP contribution in [0, 0.1) is 0 Å². The SMILES string of the molecule is CCOC(=O)c1cccc(N(CC)S(=O)(=O)c2ccc(OC)c(OC)c2)c1. The molecule has 0 aliphatic heterocycles. The van der Waals surface area contributed by atoms with Gasteiger partial charge in [-0.25, -0.2) is 13.2 Å². The second-order valence-corrected chi connectivity index (χ2v) is 7.32. The fourth-order valence-corrected chi connectivity index (χ4v) is 4.08. The Kier molecular flexibility index (Phi) is 6.68. The van der Waals surface area contributed by atoms with Crippen LogP contribution in [-0.2, 0) is 14.8 Å². The molecule has 0 fully saturated rings. The van der Waals surface area contributed by atoms with Crippen molar-refractivity contribution in [1.82, 2.24) is 0 Å². The van der Waals surface area contributed by atoms with Gasteiger partial charge in [-0.15, -0.1) is 0 Å². The first-order chi connectivity index (χ1) is 12.9. The lowest BCUT2D eigenvalue weighted by Gasteiger charge is -2.23. The average molecular weight is 393 g/mol. The molecule has 27 heavy (non-hydrogen) atoms. The fourth-order valence-electron chi connectivity index (χ4n) is 2.60. The van der Waals surface area contributed by atoms with E-state index in [1.807, 2.05) is 0 Å². The lowest BCUT2D eigenvalue weighted by molar-refractivity contribution is 0.0526. The third kappa shape index (κ3) is 4.33. The number of anilines is 1. The quantitative estimate of drug-likeness (QED) is 0.641. The Morgan fingerprint density at radius 2 is 1.70 bits per heavy atom. The average Bonchev–Trinajstić information content (AvgIpc) is 2.68. The predicted molar refractivity (Wildman–Crippen MR) is 102 cm³/mol. The number of carbonyl (C=O) groups is 1. The van der Waals surface area contributed by atoms with Gasteiger partial charge in [-0.05, 0) is 44.2 Å². The van der Waals surface area contributed by atoms with Gasteiger partial charge in [-0.3, -0.25) is 4.31 Å².